The first-order valence-corrected chi connectivity index (χ1v) is 11.7. The van der Waals surface area contributed by atoms with Gasteiger partial charge in [-0.2, -0.15) is 0 Å². The first-order valence-electron chi connectivity index (χ1n) is 11.7. The molecule has 0 aliphatic carbocycles. The van der Waals surface area contributed by atoms with Gasteiger partial charge in [0.15, 0.2) is 5.78 Å². The summed E-state index contributed by atoms with van der Waals surface area (Å²) in [6.45, 7) is 11.0. The molecule has 0 spiro atoms. The van der Waals surface area contributed by atoms with Crippen molar-refractivity contribution in [2.24, 2.45) is 11.8 Å². The van der Waals surface area contributed by atoms with Crippen LogP contribution in [0.2, 0.25) is 0 Å². The summed E-state index contributed by atoms with van der Waals surface area (Å²) >= 11 is 0. The zero-order valence-electron chi connectivity index (χ0n) is 18.8. The van der Waals surface area contributed by atoms with Crippen LogP contribution in [-0.4, -0.2) is 67.4 Å². The smallest absolute Gasteiger partial charge is 0.223 e. The van der Waals surface area contributed by atoms with E-state index in [1.54, 1.807) is 0 Å². The number of Topliss-reactive ketones (excluding diaryl/α,β-unsaturated/α-hetero) is 1. The van der Waals surface area contributed by atoms with Gasteiger partial charge in [-0.3, -0.25) is 14.5 Å². The molecular weight excluding hydrogens is 376 g/mol. The molecule has 1 aromatic carbocycles. The Kier molecular flexibility index (Phi) is 8.88. The minimum absolute atomic E-state index is 0.0693. The van der Waals surface area contributed by atoms with E-state index >= 15 is 0 Å². The lowest BCUT2D eigenvalue weighted by molar-refractivity contribution is -0.132. The largest absolute Gasteiger partial charge is 0.379 e. The number of nitrogens with zero attached hydrogens (tertiary/aromatic N) is 2. The lowest BCUT2D eigenvalue weighted by Gasteiger charge is -2.34. The maximum absolute atomic E-state index is 12.6. The summed E-state index contributed by atoms with van der Waals surface area (Å²) in [7, 11) is 0. The van der Waals surface area contributed by atoms with Gasteiger partial charge in [0.25, 0.3) is 0 Å². The Morgan fingerprint density at radius 2 is 1.67 bits per heavy atom. The molecule has 2 aliphatic rings. The van der Waals surface area contributed by atoms with Crippen LogP contribution in [-0.2, 0) is 16.0 Å². The molecule has 0 unspecified atom stereocenters. The number of hydrogen-bond donors (Lipinski definition) is 0. The minimum Gasteiger partial charge on any atom is -0.379 e. The van der Waals surface area contributed by atoms with E-state index in [0.717, 1.165) is 70.8 Å². The Labute approximate surface area is 181 Å². The number of amides is 1. The summed E-state index contributed by atoms with van der Waals surface area (Å²) < 4.78 is 5.41. The van der Waals surface area contributed by atoms with Crippen LogP contribution in [0.1, 0.15) is 61.9 Å². The molecule has 5 nitrogen and oxygen atoms in total. The second-order valence-corrected chi connectivity index (χ2v) is 9.28. The van der Waals surface area contributed by atoms with Crippen molar-refractivity contribution in [1.82, 2.24) is 9.80 Å². The van der Waals surface area contributed by atoms with E-state index in [1.165, 1.54) is 12.0 Å². The molecule has 0 atom stereocenters. The topological polar surface area (TPSA) is 49.9 Å². The van der Waals surface area contributed by atoms with E-state index in [9.17, 15) is 9.59 Å². The molecule has 5 heteroatoms. The molecule has 1 amide bonds. The Bertz CT molecular complexity index is 672. The molecule has 1 aromatic rings. The van der Waals surface area contributed by atoms with E-state index < -0.39 is 0 Å². The molecule has 2 aliphatic heterocycles. The molecule has 0 radical (unpaired) electrons. The Balaban J connectivity index is 1.34. The predicted octanol–water partition coefficient (Wildman–Crippen LogP) is 3.81. The average molecular weight is 415 g/mol. The monoisotopic (exact) mass is 414 g/mol. The van der Waals surface area contributed by atoms with Crippen LogP contribution in [0.3, 0.4) is 0 Å². The van der Waals surface area contributed by atoms with Gasteiger partial charge in [0.1, 0.15) is 0 Å². The number of ether oxygens (including phenoxy) is 1. The maximum atomic E-state index is 12.6. The van der Waals surface area contributed by atoms with Crippen molar-refractivity contribution in [2.75, 3.05) is 45.9 Å². The van der Waals surface area contributed by atoms with E-state index in [-0.39, 0.29) is 11.7 Å². The molecule has 2 saturated heterocycles. The van der Waals surface area contributed by atoms with Crippen molar-refractivity contribution < 1.29 is 14.3 Å². The second kappa shape index (κ2) is 11.6. The summed E-state index contributed by atoms with van der Waals surface area (Å²) in [6, 6.07) is 7.89. The Morgan fingerprint density at radius 3 is 2.30 bits per heavy atom. The van der Waals surface area contributed by atoms with Gasteiger partial charge in [-0.15, -0.1) is 0 Å². The number of hydrogen-bond acceptors (Lipinski definition) is 4. The van der Waals surface area contributed by atoms with Crippen LogP contribution in [0, 0.1) is 11.8 Å². The Hall–Kier alpha value is -1.72. The molecular formula is C25H38N2O3. The van der Waals surface area contributed by atoms with Crippen LogP contribution in [0.5, 0.6) is 0 Å². The summed E-state index contributed by atoms with van der Waals surface area (Å²) in [4.78, 5) is 29.5. The van der Waals surface area contributed by atoms with Crippen LogP contribution in [0.4, 0.5) is 0 Å². The maximum Gasteiger partial charge on any atom is 0.223 e. The zero-order valence-corrected chi connectivity index (χ0v) is 18.8. The second-order valence-electron chi connectivity index (χ2n) is 9.28. The number of carbonyl (C=O) groups is 2. The average Bonchev–Trinajstić information content (AvgIpc) is 2.77. The van der Waals surface area contributed by atoms with Gasteiger partial charge in [0, 0.05) is 44.6 Å². The first-order chi connectivity index (χ1) is 14.5. The highest BCUT2D eigenvalue weighted by Gasteiger charge is 2.24. The number of morpholine rings is 1. The van der Waals surface area contributed by atoms with Crippen molar-refractivity contribution in [2.45, 2.75) is 52.4 Å². The first kappa shape index (κ1) is 23.0. The molecule has 0 N–H and O–H groups in total. The van der Waals surface area contributed by atoms with Gasteiger partial charge in [-0.25, -0.2) is 0 Å². The van der Waals surface area contributed by atoms with E-state index in [2.05, 4.69) is 18.7 Å². The van der Waals surface area contributed by atoms with Crippen LogP contribution >= 0.6 is 0 Å². The van der Waals surface area contributed by atoms with E-state index in [4.69, 9.17) is 4.74 Å². The minimum atomic E-state index is 0.0693. The fourth-order valence-electron chi connectivity index (χ4n) is 4.48. The summed E-state index contributed by atoms with van der Waals surface area (Å²) in [6.07, 6.45) is 5.04. The number of carbonyl (C=O) groups excluding carboxylic acids is 2. The standard InChI is InChI=1S/C25H38N2O3/c1-20(2)19-22-3-5-23(6-4-22)24(28)7-8-25(29)27-13-10-21(11-14-27)9-12-26-15-17-30-18-16-26/h3-6,20-21H,7-19H2,1-2H3. The Morgan fingerprint density at radius 1 is 1.00 bits per heavy atom. The highest BCUT2D eigenvalue weighted by atomic mass is 16.5. The highest BCUT2D eigenvalue weighted by Crippen LogP contribution is 2.22. The lowest BCUT2D eigenvalue weighted by Crippen LogP contribution is -2.40. The number of benzene rings is 1. The summed E-state index contributed by atoms with van der Waals surface area (Å²) in [5.41, 5.74) is 1.98. The third-order valence-corrected chi connectivity index (χ3v) is 6.41. The van der Waals surface area contributed by atoms with Gasteiger partial charge in [-0.1, -0.05) is 38.1 Å². The van der Waals surface area contributed by atoms with Gasteiger partial charge >= 0.3 is 0 Å². The van der Waals surface area contributed by atoms with Crippen molar-refractivity contribution in [3.8, 4) is 0 Å². The molecule has 30 heavy (non-hydrogen) atoms. The number of piperidine rings is 1. The molecule has 0 bridgehead atoms. The molecule has 3 rings (SSSR count). The van der Waals surface area contributed by atoms with Crippen molar-refractivity contribution in [1.29, 1.82) is 0 Å². The van der Waals surface area contributed by atoms with Gasteiger partial charge in [0.05, 0.1) is 13.2 Å². The fourth-order valence-corrected chi connectivity index (χ4v) is 4.48. The predicted molar refractivity (Wildman–Crippen MR) is 120 cm³/mol. The van der Waals surface area contributed by atoms with Crippen LogP contribution in [0.25, 0.3) is 0 Å². The fraction of sp³-hybridized carbons (Fsp3) is 0.680. The summed E-state index contributed by atoms with van der Waals surface area (Å²) in [5, 5.41) is 0. The zero-order chi connectivity index (χ0) is 21.3. The molecule has 166 valence electrons. The van der Waals surface area contributed by atoms with Crippen LogP contribution < -0.4 is 0 Å². The van der Waals surface area contributed by atoms with Crippen LogP contribution in [0.15, 0.2) is 24.3 Å². The van der Waals surface area contributed by atoms with Gasteiger partial charge in [-0.05, 0) is 49.6 Å². The van der Waals surface area contributed by atoms with Gasteiger partial charge in [0.2, 0.25) is 5.91 Å². The number of rotatable bonds is 9. The molecule has 0 saturated carbocycles. The summed E-state index contributed by atoms with van der Waals surface area (Å²) in [5.74, 6) is 1.52. The van der Waals surface area contributed by atoms with E-state index in [1.807, 2.05) is 29.2 Å². The number of ketones is 1. The van der Waals surface area contributed by atoms with Crippen molar-refractivity contribution in [3.05, 3.63) is 35.4 Å². The third-order valence-electron chi connectivity index (χ3n) is 6.41. The van der Waals surface area contributed by atoms with E-state index in [0.29, 0.717) is 24.7 Å². The number of likely N-dealkylation sites (tertiary alicyclic amines) is 1. The molecule has 0 aromatic heterocycles. The van der Waals surface area contributed by atoms with Crippen molar-refractivity contribution in [3.63, 3.8) is 0 Å². The quantitative estimate of drug-likeness (QED) is 0.577. The molecule has 2 heterocycles. The third kappa shape index (κ3) is 7.21. The highest BCUT2D eigenvalue weighted by molar-refractivity contribution is 5.98. The normalized spacial score (nSPS) is 18.7. The lowest BCUT2D eigenvalue weighted by atomic mass is 9.93. The van der Waals surface area contributed by atoms with Gasteiger partial charge < -0.3 is 9.64 Å². The SMILES string of the molecule is CC(C)Cc1ccc(C(=O)CCC(=O)N2CCC(CCN3CCOCC3)CC2)cc1. The van der Waals surface area contributed by atoms with Crippen molar-refractivity contribution >= 4 is 11.7 Å². The molecule has 2 fully saturated rings.